The molecule has 4 nitrogen and oxygen atoms in total. The van der Waals surface area contributed by atoms with Crippen LogP contribution in [0.15, 0.2) is 60.7 Å². The maximum atomic E-state index is 11.6. The zero-order chi connectivity index (χ0) is 22.8. The average molecular weight is 459 g/mol. The molecule has 0 saturated carbocycles. The number of benzene rings is 3. The molecule has 31 heavy (non-hydrogen) atoms. The minimum absolute atomic E-state index is 0.0580. The molecule has 3 aromatic rings. The first kappa shape index (κ1) is 23.0. The molecule has 6 heteroatoms. The van der Waals surface area contributed by atoms with Crippen LogP contribution >= 0.6 is 23.2 Å². The van der Waals surface area contributed by atoms with E-state index < -0.39 is 11.9 Å². The molecule has 0 aromatic heterocycles. The first-order chi connectivity index (χ1) is 14.5. The lowest BCUT2D eigenvalue weighted by molar-refractivity contribution is -0.138. The number of halogens is 2. The lowest BCUT2D eigenvalue weighted by Gasteiger charge is -2.21. The van der Waals surface area contributed by atoms with Gasteiger partial charge in [-0.05, 0) is 60.4 Å². The van der Waals surface area contributed by atoms with Gasteiger partial charge in [-0.3, -0.25) is 4.79 Å². The molecule has 3 rings (SSSR count). The predicted molar refractivity (Wildman–Crippen MR) is 124 cm³/mol. The fraction of sp³-hybridized carbons (Fsp3) is 0.240. The molecule has 0 aliphatic heterocycles. The normalized spacial score (nSPS) is 12.3. The lowest BCUT2D eigenvalue weighted by Crippen LogP contribution is -2.11. The van der Waals surface area contributed by atoms with Crippen LogP contribution < -0.4 is 9.47 Å². The third-order valence-electron chi connectivity index (χ3n) is 4.89. The van der Waals surface area contributed by atoms with Crippen molar-refractivity contribution in [1.29, 1.82) is 0 Å². The van der Waals surface area contributed by atoms with Gasteiger partial charge in [0.2, 0.25) is 0 Å². The van der Waals surface area contributed by atoms with Crippen molar-refractivity contribution in [2.75, 3.05) is 0 Å². The highest BCUT2D eigenvalue weighted by atomic mass is 35.5. The highest BCUT2D eigenvalue weighted by molar-refractivity contribution is 6.32. The smallest absolute Gasteiger partial charge is 0.310 e. The fourth-order valence-electron chi connectivity index (χ4n) is 2.96. The second-order valence-corrected chi connectivity index (χ2v) is 9.16. The van der Waals surface area contributed by atoms with Crippen LogP contribution in [0.5, 0.6) is 23.0 Å². The Labute approximate surface area is 192 Å². The van der Waals surface area contributed by atoms with Crippen LogP contribution in [0.25, 0.3) is 0 Å². The van der Waals surface area contributed by atoms with E-state index in [4.69, 9.17) is 32.7 Å². The number of carbonyl (C=O) groups is 1. The van der Waals surface area contributed by atoms with Gasteiger partial charge in [-0.15, -0.1) is 0 Å². The Bertz CT molecular complexity index is 1090. The molecule has 0 aliphatic carbocycles. The zero-order valence-electron chi connectivity index (χ0n) is 17.8. The Morgan fingerprint density at radius 3 is 2.10 bits per heavy atom. The second-order valence-electron chi connectivity index (χ2n) is 8.31. The van der Waals surface area contributed by atoms with Crippen molar-refractivity contribution in [3.05, 3.63) is 81.8 Å². The van der Waals surface area contributed by atoms with Gasteiger partial charge in [-0.2, -0.15) is 0 Å². The van der Waals surface area contributed by atoms with Crippen LogP contribution in [0.3, 0.4) is 0 Å². The second kappa shape index (κ2) is 9.21. The van der Waals surface area contributed by atoms with E-state index in [0.717, 1.165) is 5.56 Å². The highest BCUT2D eigenvalue weighted by Gasteiger charge is 2.21. The van der Waals surface area contributed by atoms with Crippen LogP contribution in [-0.4, -0.2) is 11.1 Å². The van der Waals surface area contributed by atoms with Crippen molar-refractivity contribution in [1.82, 2.24) is 0 Å². The van der Waals surface area contributed by atoms with Gasteiger partial charge in [0.25, 0.3) is 0 Å². The summed E-state index contributed by atoms with van der Waals surface area (Å²) in [5.41, 5.74) is 1.54. The van der Waals surface area contributed by atoms with Gasteiger partial charge in [0.1, 0.15) is 23.0 Å². The van der Waals surface area contributed by atoms with Crippen molar-refractivity contribution in [2.45, 2.75) is 39.0 Å². The summed E-state index contributed by atoms with van der Waals surface area (Å²) >= 11 is 12.4. The molecule has 0 saturated heterocycles. The number of aliphatic carboxylic acids is 1. The first-order valence-corrected chi connectivity index (χ1v) is 10.6. The Balaban J connectivity index is 1.97. The molecule has 1 N–H and O–H groups in total. The fourth-order valence-corrected chi connectivity index (χ4v) is 3.31. The number of rotatable bonds is 6. The van der Waals surface area contributed by atoms with E-state index in [-0.39, 0.29) is 5.41 Å². The van der Waals surface area contributed by atoms with E-state index >= 15 is 0 Å². The van der Waals surface area contributed by atoms with Crippen LogP contribution in [0, 0.1) is 0 Å². The van der Waals surface area contributed by atoms with Crippen LogP contribution in [-0.2, 0) is 10.2 Å². The maximum Gasteiger partial charge on any atom is 0.310 e. The van der Waals surface area contributed by atoms with Crippen LogP contribution in [0.4, 0.5) is 0 Å². The Morgan fingerprint density at radius 2 is 1.52 bits per heavy atom. The average Bonchev–Trinajstić information content (AvgIpc) is 2.70. The minimum Gasteiger partial charge on any atom is -0.481 e. The highest BCUT2D eigenvalue weighted by Crippen LogP contribution is 2.39. The Morgan fingerprint density at radius 1 is 0.871 bits per heavy atom. The van der Waals surface area contributed by atoms with Crippen molar-refractivity contribution >= 4 is 29.2 Å². The molecular weight excluding hydrogens is 435 g/mol. The van der Waals surface area contributed by atoms with E-state index in [1.807, 2.05) is 12.1 Å². The van der Waals surface area contributed by atoms with Crippen LogP contribution in [0.2, 0.25) is 10.0 Å². The number of hydrogen-bond acceptors (Lipinski definition) is 3. The van der Waals surface area contributed by atoms with E-state index in [9.17, 15) is 9.90 Å². The number of hydrogen-bond donors (Lipinski definition) is 1. The Hall–Kier alpha value is -2.69. The van der Waals surface area contributed by atoms with Gasteiger partial charge in [-0.25, -0.2) is 0 Å². The third-order valence-corrected chi connectivity index (χ3v) is 5.44. The Kier molecular flexibility index (Phi) is 6.83. The molecule has 1 atom stereocenters. The van der Waals surface area contributed by atoms with Crippen molar-refractivity contribution in [3.63, 3.8) is 0 Å². The predicted octanol–water partition coefficient (Wildman–Crippen LogP) is 8.06. The summed E-state index contributed by atoms with van der Waals surface area (Å²) in [5.74, 6) is 0.185. The topological polar surface area (TPSA) is 55.8 Å². The summed E-state index contributed by atoms with van der Waals surface area (Å²) in [6, 6.07) is 17.6. The quantitative estimate of drug-likeness (QED) is 0.405. The summed E-state index contributed by atoms with van der Waals surface area (Å²) in [5, 5.41) is 10.6. The van der Waals surface area contributed by atoms with Gasteiger partial charge in [0, 0.05) is 16.7 Å². The molecule has 0 fully saturated rings. The van der Waals surface area contributed by atoms with E-state index in [0.29, 0.717) is 38.6 Å². The standard InChI is InChI=1S/C25H24Cl2O4/c1-15(24(28)29)20-11-10-19(30-18-8-6-17(26)7-9-18)14-23(20)31-22-12-5-16(13-21(22)27)25(2,3)4/h5-15H,1-4H3,(H,28,29). The zero-order valence-corrected chi connectivity index (χ0v) is 19.3. The van der Waals surface area contributed by atoms with E-state index in [2.05, 4.69) is 20.8 Å². The molecule has 0 aliphatic rings. The maximum absolute atomic E-state index is 11.6. The van der Waals surface area contributed by atoms with Crippen molar-refractivity contribution < 1.29 is 19.4 Å². The third kappa shape index (κ3) is 5.72. The van der Waals surface area contributed by atoms with Gasteiger partial charge in [0.15, 0.2) is 0 Å². The number of ether oxygens (including phenoxy) is 2. The molecular formula is C25H24Cl2O4. The molecule has 1 unspecified atom stereocenters. The van der Waals surface area contributed by atoms with Gasteiger partial charge >= 0.3 is 5.97 Å². The van der Waals surface area contributed by atoms with Gasteiger partial charge in [0.05, 0.1) is 10.9 Å². The number of carboxylic acids is 1. The molecule has 162 valence electrons. The van der Waals surface area contributed by atoms with Crippen molar-refractivity contribution in [2.24, 2.45) is 0 Å². The summed E-state index contributed by atoms with van der Waals surface area (Å²) in [4.78, 5) is 11.6. The van der Waals surface area contributed by atoms with Crippen LogP contribution in [0.1, 0.15) is 44.7 Å². The minimum atomic E-state index is -0.953. The van der Waals surface area contributed by atoms with E-state index in [1.165, 1.54) is 0 Å². The molecule has 0 heterocycles. The lowest BCUT2D eigenvalue weighted by atomic mass is 9.87. The number of carboxylic acid groups (broad SMARTS) is 1. The molecule has 0 radical (unpaired) electrons. The summed E-state index contributed by atoms with van der Waals surface area (Å²) in [7, 11) is 0. The van der Waals surface area contributed by atoms with Crippen molar-refractivity contribution in [3.8, 4) is 23.0 Å². The molecule has 0 bridgehead atoms. The van der Waals surface area contributed by atoms with Gasteiger partial charge < -0.3 is 14.6 Å². The summed E-state index contributed by atoms with van der Waals surface area (Å²) < 4.78 is 12.0. The molecule has 0 spiro atoms. The largest absolute Gasteiger partial charge is 0.481 e. The molecule has 3 aromatic carbocycles. The first-order valence-electron chi connectivity index (χ1n) is 9.82. The summed E-state index contributed by atoms with van der Waals surface area (Å²) in [6.45, 7) is 7.91. The monoisotopic (exact) mass is 458 g/mol. The SMILES string of the molecule is CC(C(=O)O)c1ccc(Oc2ccc(Cl)cc2)cc1Oc1ccc(C(C)(C)C)cc1Cl. The van der Waals surface area contributed by atoms with E-state index in [1.54, 1.807) is 55.5 Å². The van der Waals surface area contributed by atoms with Gasteiger partial charge in [-0.1, -0.05) is 56.1 Å². The summed E-state index contributed by atoms with van der Waals surface area (Å²) in [6.07, 6.45) is 0. The molecule has 0 amide bonds.